The Morgan fingerprint density at radius 3 is 2.24 bits per heavy atom. The minimum absolute atomic E-state index is 0.0817. The van der Waals surface area contributed by atoms with Crippen molar-refractivity contribution < 1.29 is 8.78 Å². The van der Waals surface area contributed by atoms with Crippen LogP contribution >= 0.6 is 0 Å². The molecule has 2 rings (SSSR count). The fraction of sp³-hybridized carbons (Fsp3) is 0.667. The van der Waals surface area contributed by atoms with Gasteiger partial charge in [-0.05, 0) is 50.0 Å². The van der Waals surface area contributed by atoms with Crippen molar-refractivity contribution in [3.8, 4) is 0 Å². The maximum Gasteiger partial charge on any atom is 0.130 e. The number of halogens is 2. The molecular formula is C18H27F2N. The van der Waals surface area contributed by atoms with Crippen molar-refractivity contribution in [1.82, 2.24) is 5.32 Å². The third-order valence-electron chi connectivity index (χ3n) is 4.87. The average Bonchev–Trinajstić information content (AvgIpc) is 2.38. The fourth-order valence-corrected chi connectivity index (χ4v) is 3.42. The van der Waals surface area contributed by atoms with Gasteiger partial charge in [-0.2, -0.15) is 0 Å². The molecule has 0 heterocycles. The average molecular weight is 295 g/mol. The minimum atomic E-state index is -0.519. The quantitative estimate of drug-likeness (QED) is 0.806. The molecule has 0 radical (unpaired) electrons. The van der Waals surface area contributed by atoms with Crippen molar-refractivity contribution >= 4 is 0 Å². The summed E-state index contributed by atoms with van der Waals surface area (Å²) in [6, 6.07) is 4.19. The molecule has 1 unspecified atom stereocenters. The fourth-order valence-electron chi connectivity index (χ4n) is 3.42. The van der Waals surface area contributed by atoms with Gasteiger partial charge in [0.1, 0.15) is 11.6 Å². The van der Waals surface area contributed by atoms with Gasteiger partial charge in [-0.3, -0.25) is 0 Å². The summed E-state index contributed by atoms with van der Waals surface area (Å²) in [6.07, 6.45) is 4.71. The predicted molar refractivity (Wildman–Crippen MR) is 83.1 cm³/mol. The lowest BCUT2D eigenvalue weighted by Crippen LogP contribution is -2.37. The maximum absolute atomic E-state index is 13.8. The Kier molecular flexibility index (Phi) is 5.03. The molecule has 0 spiro atoms. The maximum atomic E-state index is 13.8. The number of hydrogen-bond acceptors (Lipinski definition) is 1. The number of nitrogens with one attached hydrogen (secondary N) is 1. The van der Waals surface area contributed by atoms with Crippen LogP contribution in [-0.2, 0) is 0 Å². The van der Waals surface area contributed by atoms with Gasteiger partial charge in [0.15, 0.2) is 0 Å². The molecular weight excluding hydrogens is 268 g/mol. The highest BCUT2D eigenvalue weighted by Gasteiger charge is 2.30. The third-order valence-corrected chi connectivity index (χ3v) is 4.87. The summed E-state index contributed by atoms with van der Waals surface area (Å²) >= 11 is 0. The van der Waals surface area contributed by atoms with Crippen LogP contribution in [0.5, 0.6) is 0 Å². The molecule has 0 bridgehead atoms. The molecule has 1 aliphatic rings. The molecule has 0 saturated heterocycles. The van der Waals surface area contributed by atoms with Crippen molar-refractivity contribution in [3.63, 3.8) is 0 Å². The van der Waals surface area contributed by atoms with Crippen LogP contribution in [-0.4, -0.2) is 6.04 Å². The second-order valence-corrected chi connectivity index (χ2v) is 7.47. The lowest BCUT2D eigenvalue weighted by atomic mass is 9.71. The summed E-state index contributed by atoms with van der Waals surface area (Å²) in [5.74, 6) is -0.207. The molecule has 21 heavy (non-hydrogen) atoms. The van der Waals surface area contributed by atoms with Crippen molar-refractivity contribution in [2.24, 2.45) is 11.3 Å². The lowest BCUT2D eigenvalue weighted by molar-refractivity contribution is 0.156. The summed E-state index contributed by atoms with van der Waals surface area (Å²) < 4.78 is 26.8. The number of hydrogen-bond donors (Lipinski definition) is 1. The summed E-state index contributed by atoms with van der Waals surface area (Å²) in [5.41, 5.74) is 0.925. The first-order valence-corrected chi connectivity index (χ1v) is 7.98. The molecule has 3 heteroatoms. The van der Waals surface area contributed by atoms with Gasteiger partial charge in [0.05, 0.1) is 0 Å². The van der Waals surface area contributed by atoms with Crippen molar-refractivity contribution in [2.75, 3.05) is 0 Å². The van der Waals surface area contributed by atoms with Crippen LogP contribution in [0.3, 0.4) is 0 Å². The molecule has 0 amide bonds. The summed E-state index contributed by atoms with van der Waals surface area (Å²) in [7, 11) is 0. The first kappa shape index (κ1) is 16.4. The van der Waals surface area contributed by atoms with E-state index in [0.717, 1.165) is 24.8 Å². The van der Waals surface area contributed by atoms with Gasteiger partial charge in [0.25, 0.3) is 0 Å². The smallest absolute Gasteiger partial charge is 0.130 e. The third kappa shape index (κ3) is 4.26. The van der Waals surface area contributed by atoms with Gasteiger partial charge in [-0.25, -0.2) is 8.78 Å². The lowest BCUT2D eigenvalue weighted by Gasteiger charge is -2.38. The second kappa shape index (κ2) is 6.43. The Bertz CT molecular complexity index is 471. The van der Waals surface area contributed by atoms with E-state index >= 15 is 0 Å². The molecule has 1 N–H and O–H groups in total. The van der Waals surface area contributed by atoms with E-state index in [1.807, 2.05) is 6.92 Å². The van der Waals surface area contributed by atoms with E-state index in [2.05, 4.69) is 26.1 Å². The van der Waals surface area contributed by atoms with E-state index in [-0.39, 0.29) is 6.04 Å². The highest BCUT2D eigenvalue weighted by molar-refractivity contribution is 5.21. The van der Waals surface area contributed by atoms with Crippen LogP contribution in [0.25, 0.3) is 0 Å². The summed E-state index contributed by atoms with van der Waals surface area (Å²) in [6.45, 7) is 8.87. The van der Waals surface area contributed by atoms with Crippen LogP contribution < -0.4 is 5.32 Å². The first-order chi connectivity index (χ1) is 9.77. The molecule has 118 valence electrons. The highest BCUT2D eigenvalue weighted by atomic mass is 19.1. The molecule has 1 aliphatic carbocycles. The molecule has 1 saturated carbocycles. The summed E-state index contributed by atoms with van der Waals surface area (Å²) in [5, 5.41) is 3.50. The van der Waals surface area contributed by atoms with E-state index in [0.29, 0.717) is 17.0 Å². The van der Waals surface area contributed by atoms with Crippen LogP contribution in [0.2, 0.25) is 0 Å². The molecule has 1 fully saturated rings. The molecule has 1 aromatic rings. The van der Waals surface area contributed by atoms with Crippen LogP contribution in [0, 0.1) is 23.0 Å². The van der Waals surface area contributed by atoms with Crippen molar-refractivity contribution in [1.29, 1.82) is 0 Å². The Labute approximate surface area is 127 Å². The van der Waals surface area contributed by atoms with Crippen LogP contribution in [0.4, 0.5) is 8.78 Å². The van der Waals surface area contributed by atoms with Crippen LogP contribution in [0.1, 0.15) is 65.0 Å². The topological polar surface area (TPSA) is 12.0 Å². The van der Waals surface area contributed by atoms with Gasteiger partial charge in [0.2, 0.25) is 0 Å². The standard InChI is InChI=1S/C18H27F2N/c1-12(16-10-7-14(19)11-17(16)20)21-15-8-5-13(6-9-15)18(2,3)4/h7,10-13,15,21H,5-6,8-9H2,1-4H3. The number of rotatable bonds is 3. The van der Waals surface area contributed by atoms with Gasteiger partial charge >= 0.3 is 0 Å². The molecule has 0 aliphatic heterocycles. The SMILES string of the molecule is CC(NC1CCC(C(C)(C)C)CC1)c1ccc(F)cc1F. The van der Waals surface area contributed by atoms with E-state index in [4.69, 9.17) is 0 Å². The van der Waals surface area contributed by atoms with Crippen molar-refractivity contribution in [2.45, 2.75) is 65.5 Å². The largest absolute Gasteiger partial charge is 0.307 e. The second-order valence-electron chi connectivity index (χ2n) is 7.47. The zero-order valence-corrected chi connectivity index (χ0v) is 13.5. The Morgan fingerprint density at radius 2 is 1.71 bits per heavy atom. The van der Waals surface area contributed by atoms with Gasteiger partial charge in [-0.1, -0.05) is 26.8 Å². The Balaban J connectivity index is 1.91. The normalized spacial score (nSPS) is 24.9. The van der Waals surface area contributed by atoms with E-state index in [1.54, 1.807) is 6.07 Å². The predicted octanol–water partition coefficient (Wildman–Crippen LogP) is 5.22. The molecule has 1 atom stereocenters. The van der Waals surface area contributed by atoms with Gasteiger partial charge < -0.3 is 5.32 Å². The zero-order chi connectivity index (χ0) is 15.6. The molecule has 1 aromatic carbocycles. The van der Waals surface area contributed by atoms with Crippen LogP contribution in [0.15, 0.2) is 18.2 Å². The van der Waals surface area contributed by atoms with Gasteiger partial charge in [0, 0.05) is 23.7 Å². The first-order valence-electron chi connectivity index (χ1n) is 7.98. The minimum Gasteiger partial charge on any atom is -0.307 e. The molecule has 1 nitrogen and oxygen atoms in total. The van der Waals surface area contributed by atoms with E-state index < -0.39 is 11.6 Å². The Hall–Kier alpha value is -0.960. The van der Waals surface area contributed by atoms with Gasteiger partial charge in [-0.15, -0.1) is 0 Å². The van der Waals surface area contributed by atoms with E-state index in [1.165, 1.54) is 18.9 Å². The Morgan fingerprint density at radius 1 is 1.10 bits per heavy atom. The monoisotopic (exact) mass is 295 g/mol. The number of benzene rings is 1. The molecule has 0 aromatic heterocycles. The zero-order valence-electron chi connectivity index (χ0n) is 13.5. The van der Waals surface area contributed by atoms with E-state index in [9.17, 15) is 8.78 Å². The van der Waals surface area contributed by atoms with Crippen molar-refractivity contribution in [3.05, 3.63) is 35.4 Å². The highest BCUT2D eigenvalue weighted by Crippen LogP contribution is 2.38. The summed E-state index contributed by atoms with van der Waals surface area (Å²) in [4.78, 5) is 0.